The van der Waals surface area contributed by atoms with Crippen LogP contribution >= 0.6 is 0 Å². The van der Waals surface area contributed by atoms with E-state index in [0.29, 0.717) is 5.82 Å². The van der Waals surface area contributed by atoms with Gasteiger partial charge in [-0.3, -0.25) is 5.32 Å². The fourth-order valence-corrected chi connectivity index (χ4v) is 1.53. The summed E-state index contributed by atoms with van der Waals surface area (Å²) in [6, 6.07) is 8.92. The Kier molecular flexibility index (Phi) is 3.07. The Morgan fingerprint density at radius 2 is 1.85 bits per heavy atom. The van der Waals surface area contributed by atoms with E-state index in [1.165, 1.54) is 28.3 Å². The highest BCUT2D eigenvalue weighted by molar-refractivity contribution is 5.93. The van der Waals surface area contributed by atoms with Crippen LogP contribution in [0.4, 0.5) is 10.6 Å². The lowest BCUT2D eigenvalue weighted by atomic mass is 10.3. The Hall–Kier alpha value is -3.23. The zero-order chi connectivity index (χ0) is 13.8. The van der Waals surface area contributed by atoms with Gasteiger partial charge in [0, 0.05) is 0 Å². The zero-order valence-electron chi connectivity index (χ0n) is 10.2. The second kappa shape index (κ2) is 5.18. The third-order valence-electron chi connectivity index (χ3n) is 2.37. The number of nitrogens with zero attached hydrogens (tertiary/aromatic N) is 6. The van der Waals surface area contributed by atoms with Gasteiger partial charge in [0.05, 0.1) is 11.9 Å². The van der Waals surface area contributed by atoms with Crippen molar-refractivity contribution >= 4 is 11.8 Å². The Morgan fingerprint density at radius 1 is 1.10 bits per heavy atom. The first kappa shape index (κ1) is 11.8. The molecule has 0 fully saturated rings. The summed E-state index contributed by atoms with van der Waals surface area (Å²) in [6.07, 6.45) is 4.18. The van der Waals surface area contributed by atoms with Crippen molar-refractivity contribution in [3.63, 3.8) is 0 Å². The Bertz CT molecular complexity index is 690. The maximum atomic E-state index is 11.6. The molecule has 0 atom stereocenters. The second-order valence-electron chi connectivity index (χ2n) is 3.79. The van der Waals surface area contributed by atoms with E-state index in [-0.39, 0.29) is 0 Å². The SMILES string of the molecule is O=C(Nc1cnn(-c2ccccc2)n1)Nn1cnnc1. The van der Waals surface area contributed by atoms with Gasteiger partial charge in [-0.25, -0.2) is 14.9 Å². The lowest BCUT2D eigenvalue weighted by Crippen LogP contribution is -2.26. The maximum absolute atomic E-state index is 11.6. The molecule has 2 N–H and O–H groups in total. The van der Waals surface area contributed by atoms with E-state index in [4.69, 9.17) is 0 Å². The predicted octanol–water partition coefficient (Wildman–Crippen LogP) is 0.634. The molecular formula is C11H10N8O. The number of amides is 2. The van der Waals surface area contributed by atoms with E-state index in [0.717, 1.165) is 5.69 Å². The molecule has 0 saturated carbocycles. The lowest BCUT2D eigenvalue weighted by Gasteiger charge is -2.03. The monoisotopic (exact) mass is 270 g/mol. The molecule has 1 aromatic carbocycles. The number of anilines is 1. The van der Waals surface area contributed by atoms with Crippen LogP contribution in [0.25, 0.3) is 5.69 Å². The predicted molar refractivity (Wildman–Crippen MR) is 69.8 cm³/mol. The number of rotatable bonds is 3. The van der Waals surface area contributed by atoms with Crippen LogP contribution in [0.1, 0.15) is 0 Å². The van der Waals surface area contributed by atoms with Crippen molar-refractivity contribution in [1.29, 1.82) is 0 Å². The quantitative estimate of drug-likeness (QED) is 0.726. The Balaban J connectivity index is 1.67. The summed E-state index contributed by atoms with van der Waals surface area (Å²) in [5.74, 6) is 0.333. The average Bonchev–Trinajstić information content (AvgIpc) is 3.11. The van der Waals surface area contributed by atoms with Crippen LogP contribution in [-0.2, 0) is 0 Å². The number of benzene rings is 1. The smallest absolute Gasteiger partial charge is 0.288 e. The van der Waals surface area contributed by atoms with Gasteiger partial charge in [0.2, 0.25) is 0 Å². The first-order valence-electron chi connectivity index (χ1n) is 5.72. The van der Waals surface area contributed by atoms with Crippen molar-refractivity contribution in [2.75, 3.05) is 10.7 Å². The lowest BCUT2D eigenvalue weighted by molar-refractivity contribution is 0.259. The molecule has 2 heterocycles. The summed E-state index contributed by atoms with van der Waals surface area (Å²) in [6.45, 7) is 0. The van der Waals surface area contributed by atoms with Crippen molar-refractivity contribution < 1.29 is 4.79 Å². The summed E-state index contributed by atoms with van der Waals surface area (Å²) < 4.78 is 1.32. The van der Waals surface area contributed by atoms with E-state index < -0.39 is 6.03 Å². The molecule has 9 nitrogen and oxygen atoms in total. The summed E-state index contributed by atoms with van der Waals surface area (Å²) >= 11 is 0. The van der Waals surface area contributed by atoms with Crippen LogP contribution in [0.3, 0.4) is 0 Å². The van der Waals surface area contributed by atoms with Gasteiger partial charge in [-0.2, -0.15) is 5.10 Å². The number of aromatic nitrogens is 6. The number of para-hydroxylation sites is 1. The molecule has 2 amide bonds. The molecular weight excluding hydrogens is 260 g/mol. The molecule has 0 aliphatic heterocycles. The molecule has 0 spiro atoms. The number of urea groups is 1. The number of carbonyl (C=O) groups excluding carboxylic acids is 1. The molecule has 3 aromatic rings. The molecule has 100 valence electrons. The first-order valence-corrected chi connectivity index (χ1v) is 5.72. The van der Waals surface area contributed by atoms with Gasteiger partial charge in [-0.05, 0) is 12.1 Å². The Labute approximate surface area is 113 Å². The molecule has 3 rings (SSSR count). The van der Waals surface area contributed by atoms with Crippen LogP contribution in [0.5, 0.6) is 0 Å². The number of carbonyl (C=O) groups is 1. The number of nitrogens with one attached hydrogen (secondary N) is 2. The van der Waals surface area contributed by atoms with Crippen molar-refractivity contribution in [2.24, 2.45) is 0 Å². The van der Waals surface area contributed by atoms with Gasteiger partial charge in [-0.1, -0.05) is 18.2 Å². The summed E-state index contributed by atoms with van der Waals surface area (Å²) in [7, 11) is 0. The van der Waals surface area contributed by atoms with Gasteiger partial charge in [0.15, 0.2) is 5.82 Å². The van der Waals surface area contributed by atoms with Crippen LogP contribution < -0.4 is 10.7 Å². The van der Waals surface area contributed by atoms with Crippen LogP contribution in [0.15, 0.2) is 49.2 Å². The topological polar surface area (TPSA) is 103 Å². The highest BCUT2D eigenvalue weighted by atomic mass is 16.2. The molecule has 9 heteroatoms. The molecule has 0 unspecified atom stereocenters. The van der Waals surface area contributed by atoms with Gasteiger partial charge in [0.1, 0.15) is 12.7 Å². The standard InChI is InChI=1S/C11H10N8O/c20-11(17-18-7-12-13-8-18)15-10-6-14-19(16-10)9-4-2-1-3-5-9/h1-8H,(H2,15,16,17,20). The highest BCUT2D eigenvalue weighted by Gasteiger charge is 2.06. The van der Waals surface area contributed by atoms with Crippen LogP contribution in [0, 0.1) is 0 Å². The zero-order valence-corrected chi connectivity index (χ0v) is 10.2. The number of hydrogen-bond donors (Lipinski definition) is 2. The maximum Gasteiger partial charge on any atom is 0.339 e. The van der Waals surface area contributed by atoms with E-state index in [2.05, 4.69) is 31.1 Å². The third-order valence-corrected chi connectivity index (χ3v) is 2.37. The normalized spacial score (nSPS) is 10.2. The second-order valence-corrected chi connectivity index (χ2v) is 3.79. The Morgan fingerprint density at radius 3 is 2.60 bits per heavy atom. The summed E-state index contributed by atoms with van der Waals surface area (Å²) in [4.78, 5) is 13.1. The molecule has 0 aliphatic rings. The van der Waals surface area contributed by atoms with Gasteiger partial charge in [0.25, 0.3) is 0 Å². The largest absolute Gasteiger partial charge is 0.339 e. The number of hydrogen-bond acceptors (Lipinski definition) is 5. The summed E-state index contributed by atoms with van der Waals surface area (Å²) in [5, 5.41) is 17.9. The molecule has 0 aliphatic carbocycles. The fourth-order valence-electron chi connectivity index (χ4n) is 1.53. The minimum absolute atomic E-state index is 0.333. The van der Waals surface area contributed by atoms with Crippen molar-refractivity contribution in [3.05, 3.63) is 49.2 Å². The van der Waals surface area contributed by atoms with Crippen molar-refractivity contribution in [3.8, 4) is 5.69 Å². The summed E-state index contributed by atoms with van der Waals surface area (Å²) in [5.41, 5.74) is 3.29. The van der Waals surface area contributed by atoms with Gasteiger partial charge >= 0.3 is 6.03 Å². The minimum atomic E-state index is -0.468. The first-order chi connectivity index (χ1) is 9.81. The molecule has 0 saturated heterocycles. The fraction of sp³-hybridized carbons (Fsp3) is 0. The van der Waals surface area contributed by atoms with E-state index >= 15 is 0 Å². The average molecular weight is 270 g/mol. The van der Waals surface area contributed by atoms with Crippen LogP contribution in [-0.4, -0.2) is 35.9 Å². The minimum Gasteiger partial charge on any atom is -0.288 e. The molecule has 2 aromatic heterocycles. The van der Waals surface area contributed by atoms with Gasteiger partial charge < -0.3 is 0 Å². The molecule has 0 radical (unpaired) electrons. The van der Waals surface area contributed by atoms with E-state index in [9.17, 15) is 4.79 Å². The van der Waals surface area contributed by atoms with Crippen molar-refractivity contribution in [1.82, 2.24) is 29.9 Å². The molecule has 0 bridgehead atoms. The van der Waals surface area contributed by atoms with E-state index in [1.807, 2.05) is 30.3 Å². The van der Waals surface area contributed by atoms with Crippen molar-refractivity contribution in [2.45, 2.75) is 0 Å². The molecule has 20 heavy (non-hydrogen) atoms. The third kappa shape index (κ3) is 2.61. The van der Waals surface area contributed by atoms with E-state index in [1.54, 1.807) is 0 Å². The van der Waals surface area contributed by atoms with Gasteiger partial charge in [-0.15, -0.1) is 20.1 Å². The van der Waals surface area contributed by atoms with Crippen LogP contribution in [0.2, 0.25) is 0 Å². The highest BCUT2D eigenvalue weighted by Crippen LogP contribution is 2.06.